The van der Waals surface area contributed by atoms with Crippen molar-refractivity contribution < 1.29 is 19.7 Å². The summed E-state index contributed by atoms with van der Waals surface area (Å²) >= 11 is 0. The quantitative estimate of drug-likeness (QED) is 0.376. The van der Waals surface area contributed by atoms with Gasteiger partial charge in [0.05, 0.1) is 0 Å². The molecule has 0 aliphatic heterocycles. The van der Waals surface area contributed by atoms with Gasteiger partial charge in [-0.1, -0.05) is 6.92 Å². The molecule has 1 atom stereocenters. The van der Waals surface area contributed by atoms with E-state index in [1.807, 2.05) is 0 Å². The van der Waals surface area contributed by atoms with Crippen molar-refractivity contribution in [2.45, 2.75) is 19.6 Å². The fourth-order valence-electron chi connectivity index (χ4n) is 0.194. The molecule has 0 spiro atoms. The van der Waals surface area contributed by atoms with Crippen molar-refractivity contribution in [3.05, 3.63) is 0 Å². The summed E-state index contributed by atoms with van der Waals surface area (Å²) in [6, 6.07) is 0. The summed E-state index contributed by atoms with van der Waals surface area (Å²) in [7, 11) is 0. The zero-order valence-electron chi connectivity index (χ0n) is 4.46. The van der Waals surface area contributed by atoms with Crippen LogP contribution in [0.15, 0.2) is 0 Å². The number of rotatable bonds is 2. The van der Waals surface area contributed by atoms with E-state index in [0.29, 0.717) is 0 Å². The van der Waals surface area contributed by atoms with Gasteiger partial charge in [0.1, 0.15) is 6.29 Å². The van der Waals surface area contributed by atoms with Crippen molar-refractivity contribution in [2.24, 2.45) is 0 Å². The minimum Gasteiger partial charge on any atom is -0.521 e. The Labute approximate surface area is 46.7 Å². The van der Waals surface area contributed by atoms with E-state index >= 15 is 0 Å². The number of carbonyl (C=O) groups is 1. The van der Waals surface area contributed by atoms with Crippen LogP contribution < -0.4 is 5.11 Å². The van der Waals surface area contributed by atoms with Gasteiger partial charge in [0.25, 0.3) is 6.16 Å². The van der Waals surface area contributed by atoms with Crippen molar-refractivity contribution in [3.8, 4) is 0 Å². The summed E-state index contributed by atoms with van der Waals surface area (Å²) in [5, 5.41) is 17.9. The van der Waals surface area contributed by atoms with Gasteiger partial charge in [-0.15, -0.1) is 0 Å². The highest BCUT2D eigenvalue weighted by atomic mass is 16.7. The maximum Gasteiger partial charge on any atom is 0.254 e. The number of aliphatic hydroxyl groups is 1. The minimum atomic E-state index is -1.70. The number of hydrogen-bond donors (Lipinski definition) is 1. The Kier molecular flexibility index (Phi) is 2.95. The molecule has 0 amide bonds. The first-order chi connectivity index (χ1) is 3.66. The third-order valence-electron chi connectivity index (χ3n) is 0.582. The zero-order chi connectivity index (χ0) is 6.57. The smallest absolute Gasteiger partial charge is 0.254 e. The molecule has 0 aromatic carbocycles. The Balaban J connectivity index is 3.24. The summed E-state index contributed by atoms with van der Waals surface area (Å²) in [5.41, 5.74) is 0. The summed E-state index contributed by atoms with van der Waals surface area (Å²) in [5.74, 6) is 0. The summed E-state index contributed by atoms with van der Waals surface area (Å²) in [4.78, 5) is 9.48. The van der Waals surface area contributed by atoms with E-state index in [4.69, 9.17) is 5.11 Å². The third-order valence-corrected chi connectivity index (χ3v) is 0.582. The van der Waals surface area contributed by atoms with E-state index in [2.05, 4.69) is 4.74 Å². The Morgan fingerprint density at radius 3 is 2.62 bits per heavy atom. The zero-order valence-corrected chi connectivity index (χ0v) is 4.46. The molecular weight excluding hydrogens is 112 g/mol. The molecular formula is C4H7O4-. The Morgan fingerprint density at radius 1 is 2.00 bits per heavy atom. The van der Waals surface area contributed by atoms with Gasteiger partial charge in [0, 0.05) is 0 Å². The second-order valence-electron chi connectivity index (χ2n) is 1.23. The number of carboxylic acid groups (broad SMARTS) is 1. The second-order valence-corrected chi connectivity index (χ2v) is 1.23. The normalized spacial score (nSPS) is 12.8. The van der Waals surface area contributed by atoms with Crippen LogP contribution in [-0.4, -0.2) is 17.6 Å². The van der Waals surface area contributed by atoms with Crippen LogP contribution in [0, 0.1) is 0 Å². The predicted molar refractivity (Wildman–Crippen MR) is 22.8 cm³/mol. The summed E-state index contributed by atoms with van der Waals surface area (Å²) in [6.45, 7) is 1.59. The molecule has 1 N–H and O–H groups in total. The molecule has 0 saturated heterocycles. The van der Waals surface area contributed by atoms with Gasteiger partial charge >= 0.3 is 0 Å². The molecule has 0 aromatic heterocycles. The van der Waals surface area contributed by atoms with Crippen molar-refractivity contribution in [2.75, 3.05) is 0 Å². The lowest BCUT2D eigenvalue weighted by Gasteiger charge is -2.12. The second kappa shape index (κ2) is 3.26. The largest absolute Gasteiger partial charge is 0.521 e. The average molecular weight is 119 g/mol. The van der Waals surface area contributed by atoms with Gasteiger partial charge < -0.3 is 19.7 Å². The highest BCUT2D eigenvalue weighted by Crippen LogP contribution is 1.89. The maximum atomic E-state index is 9.48. The van der Waals surface area contributed by atoms with E-state index in [-0.39, 0.29) is 6.42 Å². The SMILES string of the molecule is CCC(O)OC(=O)[O-]. The molecule has 0 bridgehead atoms. The molecule has 0 aliphatic carbocycles. The van der Waals surface area contributed by atoms with E-state index < -0.39 is 12.4 Å². The monoisotopic (exact) mass is 119 g/mol. The number of hydrogen-bond acceptors (Lipinski definition) is 4. The van der Waals surface area contributed by atoms with Crippen LogP contribution in [-0.2, 0) is 4.74 Å². The van der Waals surface area contributed by atoms with Gasteiger partial charge in [0.15, 0.2) is 0 Å². The molecule has 8 heavy (non-hydrogen) atoms. The third kappa shape index (κ3) is 3.42. The van der Waals surface area contributed by atoms with E-state index in [9.17, 15) is 9.90 Å². The lowest BCUT2D eigenvalue weighted by molar-refractivity contribution is -0.298. The van der Waals surface area contributed by atoms with Crippen molar-refractivity contribution in [1.82, 2.24) is 0 Å². The molecule has 4 heteroatoms. The van der Waals surface area contributed by atoms with Crippen LogP contribution in [0.5, 0.6) is 0 Å². The minimum absolute atomic E-state index is 0.244. The molecule has 0 saturated carbocycles. The van der Waals surface area contributed by atoms with Gasteiger partial charge in [-0.3, -0.25) is 0 Å². The van der Waals surface area contributed by atoms with E-state index in [1.165, 1.54) is 0 Å². The highest BCUT2D eigenvalue weighted by molar-refractivity contribution is 5.54. The molecule has 1 unspecified atom stereocenters. The Bertz CT molecular complexity index is 80.1. The van der Waals surface area contributed by atoms with E-state index in [0.717, 1.165) is 0 Å². The first-order valence-corrected chi connectivity index (χ1v) is 2.22. The van der Waals surface area contributed by atoms with Crippen LogP contribution in [0.1, 0.15) is 13.3 Å². The fraction of sp³-hybridized carbons (Fsp3) is 0.750. The summed E-state index contributed by atoms with van der Waals surface area (Å²) in [6.07, 6.45) is -2.69. The average Bonchev–Trinajstić information content (AvgIpc) is 1.65. The lowest BCUT2D eigenvalue weighted by atomic mass is 10.5. The molecule has 4 nitrogen and oxygen atoms in total. The molecule has 0 rings (SSSR count). The number of ether oxygens (including phenoxy) is 1. The molecule has 0 fully saturated rings. The van der Waals surface area contributed by atoms with Crippen molar-refractivity contribution in [3.63, 3.8) is 0 Å². The first-order valence-electron chi connectivity index (χ1n) is 2.22. The first kappa shape index (κ1) is 7.23. The maximum absolute atomic E-state index is 9.48. The van der Waals surface area contributed by atoms with Gasteiger partial charge in [-0.2, -0.15) is 0 Å². The van der Waals surface area contributed by atoms with Gasteiger partial charge in [-0.05, 0) is 6.42 Å². The molecule has 0 aliphatic rings. The molecule has 48 valence electrons. The summed E-state index contributed by atoms with van der Waals surface area (Å²) < 4.78 is 3.76. The molecule has 0 aromatic rings. The van der Waals surface area contributed by atoms with Crippen LogP contribution in [0.25, 0.3) is 0 Å². The van der Waals surface area contributed by atoms with E-state index in [1.54, 1.807) is 6.92 Å². The number of aliphatic hydroxyl groups excluding tert-OH is 1. The topological polar surface area (TPSA) is 69.6 Å². The van der Waals surface area contributed by atoms with Crippen LogP contribution in [0.3, 0.4) is 0 Å². The highest BCUT2D eigenvalue weighted by Gasteiger charge is 1.94. The lowest BCUT2D eigenvalue weighted by Crippen LogP contribution is -2.28. The fourth-order valence-corrected chi connectivity index (χ4v) is 0.194. The van der Waals surface area contributed by atoms with Crippen LogP contribution in [0.4, 0.5) is 4.79 Å². The van der Waals surface area contributed by atoms with Crippen molar-refractivity contribution in [1.29, 1.82) is 0 Å². The standard InChI is InChI=1S/C4H8O4/c1-2-3(5)8-4(6)7/h3,5H,2H2,1H3,(H,6,7)/p-1. The predicted octanol–water partition coefficient (Wildman–Crippen LogP) is -0.925. The van der Waals surface area contributed by atoms with Gasteiger partial charge in [-0.25, -0.2) is 0 Å². The van der Waals surface area contributed by atoms with Crippen molar-refractivity contribution >= 4 is 6.16 Å². The number of carbonyl (C=O) groups excluding carboxylic acids is 1. The van der Waals surface area contributed by atoms with Crippen LogP contribution >= 0.6 is 0 Å². The molecule has 0 heterocycles. The van der Waals surface area contributed by atoms with Gasteiger partial charge in [0.2, 0.25) is 0 Å². The van der Waals surface area contributed by atoms with Crippen LogP contribution in [0.2, 0.25) is 0 Å². The molecule has 0 radical (unpaired) electrons. The Morgan fingerprint density at radius 2 is 2.50 bits per heavy atom. The Hall–Kier alpha value is -0.770.